The second kappa shape index (κ2) is 5.65. The van der Waals surface area contributed by atoms with Crippen molar-refractivity contribution in [2.45, 2.75) is 25.2 Å². The summed E-state index contributed by atoms with van der Waals surface area (Å²) in [6, 6.07) is 1.87. The Labute approximate surface area is 133 Å². The van der Waals surface area contributed by atoms with E-state index < -0.39 is 0 Å². The maximum Gasteiger partial charge on any atom is 0.232 e. The molecule has 2 atom stereocenters. The molecule has 4 rings (SSSR count). The lowest BCUT2D eigenvalue weighted by atomic mass is 10.0. The quantitative estimate of drug-likeness (QED) is 0.805. The van der Waals surface area contributed by atoms with Crippen LogP contribution in [0.5, 0.6) is 11.8 Å². The largest absolute Gasteiger partial charge is 0.481 e. The molecular weight excluding hydrogens is 300 g/mol. The molecule has 1 fully saturated rings. The van der Waals surface area contributed by atoms with E-state index in [1.54, 1.807) is 26.5 Å². The van der Waals surface area contributed by atoms with Crippen LogP contribution in [0.4, 0.5) is 5.95 Å². The van der Waals surface area contributed by atoms with Crippen molar-refractivity contribution in [3.05, 3.63) is 18.0 Å². The van der Waals surface area contributed by atoms with Crippen LogP contribution in [0.2, 0.25) is 0 Å². The highest BCUT2D eigenvalue weighted by Gasteiger charge is 2.37. The molecule has 2 aliphatic heterocycles. The topological polar surface area (TPSA) is 87.4 Å². The normalized spacial score (nSPS) is 23.1. The zero-order valence-corrected chi connectivity index (χ0v) is 13.0. The Morgan fingerprint density at radius 3 is 2.74 bits per heavy atom. The lowest BCUT2D eigenvalue weighted by Crippen LogP contribution is -2.49. The van der Waals surface area contributed by atoms with E-state index in [2.05, 4.69) is 25.2 Å². The molecule has 0 aromatic carbocycles. The molecule has 0 bridgehead atoms. The van der Waals surface area contributed by atoms with E-state index in [1.807, 2.05) is 4.68 Å². The first-order valence-electron chi connectivity index (χ1n) is 7.51. The summed E-state index contributed by atoms with van der Waals surface area (Å²) in [6.07, 6.45) is 2.70. The lowest BCUT2D eigenvalue weighted by Gasteiger charge is -2.40. The van der Waals surface area contributed by atoms with Gasteiger partial charge in [-0.3, -0.25) is 0 Å². The monoisotopic (exact) mass is 318 g/mol. The van der Waals surface area contributed by atoms with Crippen molar-refractivity contribution in [3.63, 3.8) is 0 Å². The van der Waals surface area contributed by atoms with Gasteiger partial charge in [0.25, 0.3) is 0 Å². The summed E-state index contributed by atoms with van der Waals surface area (Å²) in [6.45, 7) is 2.03. The zero-order valence-electron chi connectivity index (χ0n) is 13.0. The number of piperidine rings is 1. The minimum absolute atomic E-state index is 0.0405. The van der Waals surface area contributed by atoms with E-state index in [0.717, 1.165) is 18.7 Å². The Kier molecular flexibility index (Phi) is 3.49. The molecule has 2 aromatic heterocycles. The van der Waals surface area contributed by atoms with Gasteiger partial charge < -0.3 is 19.1 Å². The first-order valence-corrected chi connectivity index (χ1v) is 7.51. The van der Waals surface area contributed by atoms with Crippen molar-refractivity contribution in [3.8, 4) is 11.8 Å². The van der Waals surface area contributed by atoms with Crippen molar-refractivity contribution in [1.29, 1.82) is 0 Å². The van der Waals surface area contributed by atoms with E-state index in [1.165, 1.54) is 0 Å². The summed E-state index contributed by atoms with van der Waals surface area (Å²) in [7, 11) is 3.16. The average molecular weight is 318 g/mol. The van der Waals surface area contributed by atoms with Crippen LogP contribution in [0.3, 0.4) is 0 Å². The fourth-order valence-electron chi connectivity index (χ4n) is 3.11. The maximum absolute atomic E-state index is 5.97. The van der Waals surface area contributed by atoms with Gasteiger partial charge in [0.15, 0.2) is 0 Å². The lowest BCUT2D eigenvalue weighted by molar-refractivity contribution is -0.0336. The van der Waals surface area contributed by atoms with Crippen LogP contribution >= 0.6 is 0 Å². The number of fused-ring (bicyclic) bond motifs is 3. The first-order chi connectivity index (χ1) is 11.3. The third-order valence-electron chi connectivity index (χ3n) is 4.30. The number of anilines is 1. The van der Waals surface area contributed by atoms with Crippen molar-refractivity contribution in [2.75, 3.05) is 32.2 Å². The second-order valence-corrected chi connectivity index (χ2v) is 5.57. The molecule has 23 heavy (non-hydrogen) atoms. The van der Waals surface area contributed by atoms with Crippen LogP contribution in [-0.4, -0.2) is 58.4 Å². The van der Waals surface area contributed by atoms with Gasteiger partial charge in [-0.2, -0.15) is 9.97 Å². The van der Waals surface area contributed by atoms with Gasteiger partial charge in [0.2, 0.25) is 17.7 Å². The molecule has 2 aliphatic rings. The van der Waals surface area contributed by atoms with Crippen LogP contribution < -0.4 is 14.4 Å². The van der Waals surface area contributed by atoms with Crippen LogP contribution in [-0.2, 0) is 11.3 Å². The molecule has 9 heteroatoms. The maximum atomic E-state index is 5.97. The SMILES string of the molecule is COc1cc(OC)nc(N2CC[C@H]3[C@H](C2)OCc2cnnn23)n1. The molecule has 0 amide bonds. The predicted octanol–water partition coefficient (Wildman–Crippen LogP) is 0.435. The summed E-state index contributed by atoms with van der Waals surface area (Å²) in [5.74, 6) is 1.56. The van der Waals surface area contributed by atoms with E-state index >= 15 is 0 Å². The highest BCUT2D eigenvalue weighted by Crippen LogP contribution is 2.32. The van der Waals surface area contributed by atoms with E-state index in [4.69, 9.17) is 14.2 Å². The van der Waals surface area contributed by atoms with Crippen LogP contribution in [0.15, 0.2) is 12.3 Å². The Bertz CT molecular complexity index is 683. The summed E-state index contributed by atoms with van der Waals surface area (Å²) in [5, 5.41) is 8.17. The molecule has 0 saturated carbocycles. The predicted molar refractivity (Wildman–Crippen MR) is 79.6 cm³/mol. The number of rotatable bonds is 3. The van der Waals surface area contributed by atoms with Crippen LogP contribution in [0.1, 0.15) is 18.2 Å². The summed E-state index contributed by atoms with van der Waals surface area (Å²) in [4.78, 5) is 10.9. The molecule has 9 nitrogen and oxygen atoms in total. The van der Waals surface area contributed by atoms with Gasteiger partial charge in [-0.05, 0) is 6.42 Å². The summed E-state index contributed by atoms with van der Waals surface area (Å²) >= 11 is 0. The number of nitrogens with zero attached hydrogens (tertiary/aromatic N) is 6. The zero-order chi connectivity index (χ0) is 15.8. The summed E-state index contributed by atoms with van der Waals surface area (Å²) < 4.78 is 18.4. The minimum Gasteiger partial charge on any atom is -0.481 e. The molecule has 0 aliphatic carbocycles. The first kappa shape index (κ1) is 14.2. The number of methoxy groups -OCH3 is 2. The van der Waals surface area contributed by atoms with Crippen LogP contribution in [0, 0.1) is 0 Å². The standard InChI is InChI=1S/C14H18N6O3/c1-21-12-5-13(22-2)17-14(16-12)19-4-3-10-11(7-19)23-8-9-6-15-18-20(9)10/h5-6,10-11H,3-4,7-8H2,1-2H3/t10-,11-/m0/s1. The number of hydrogen-bond acceptors (Lipinski definition) is 8. The highest BCUT2D eigenvalue weighted by atomic mass is 16.5. The number of aromatic nitrogens is 5. The molecule has 0 radical (unpaired) electrons. The van der Waals surface area contributed by atoms with Gasteiger partial charge in [-0.15, -0.1) is 5.10 Å². The van der Waals surface area contributed by atoms with Crippen molar-refractivity contribution >= 4 is 5.95 Å². The Balaban J connectivity index is 1.57. The van der Waals surface area contributed by atoms with Gasteiger partial charge in [-0.1, -0.05) is 5.21 Å². The average Bonchev–Trinajstić information content (AvgIpc) is 3.09. The number of hydrogen-bond donors (Lipinski definition) is 0. The highest BCUT2D eigenvalue weighted by molar-refractivity contribution is 5.37. The molecular formula is C14H18N6O3. The molecule has 0 spiro atoms. The summed E-state index contributed by atoms with van der Waals surface area (Å²) in [5.41, 5.74) is 1.03. The molecule has 0 unspecified atom stereocenters. The molecule has 4 heterocycles. The second-order valence-electron chi connectivity index (χ2n) is 5.57. The van der Waals surface area contributed by atoms with Gasteiger partial charge in [0.1, 0.15) is 0 Å². The van der Waals surface area contributed by atoms with E-state index in [9.17, 15) is 0 Å². The molecule has 1 saturated heterocycles. The fraction of sp³-hybridized carbons (Fsp3) is 0.571. The van der Waals surface area contributed by atoms with Gasteiger partial charge in [-0.25, -0.2) is 4.68 Å². The molecule has 0 N–H and O–H groups in total. The van der Waals surface area contributed by atoms with Gasteiger partial charge in [0, 0.05) is 13.1 Å². The van der Waals surface area contributed by atoms with E-state index in [0.29, 0.717) is 30.9 Å². The molecule has 2 aromatic rings. The number of ether oxygens (including phenoxy) is 3. The van der Waals surface area contributed by atoms with Crippen molar-refractivity contribution < 1.29 is 14.2 Å². The Morgan fingerprint density at radius 2 is 2.00 bits per heavy atom. The van der Waals surface area contributed by atoms with Crippen LogP contribution in [0.25, 0.3) is 0 Å². The Morgan fingerprint density at radius 1 is 1.22 bits per heavy atom. The van der Waals surface area contributed by atoms with Gasteiger partial charge >= 0.3 is 0 Å². The van der Waals surface area contributed by atoms with Crippen molar-refractivity contribution in [2.24, 2.45) is 0 Å². The Hall–Kier alpha value is -2.42. The van der Waals surface area contributed by atoms with Gasteiger partial charge in [0.05, 0.1) is 50.9 Å². The fourth-order valence-corrected chi connectivity index (χ4v) is 3.11. The minimum atomic E-state index is 0.0405. The van der Waals surface area contributed by atoms with Crippen molar-refractivity contribution in [1.82, 2.24) is 25.0 Å². The third kappa shape index (κ3) is 2.46. The smallest absolute Gasteiger partial charge is 0.232 e. The third-order valence-corrected chi connectivity index (χ3v) is 4.30. The van der Waals surface area contributed by atoms with E-state index in [-0.39, 0.29) is 12.1 Å². The molecule has 122 valence electrons.